The second-order valence-electron chi connectivity index (χ2n) is 4.69. The zero-order valence-electron chi connectivity index (χ0n) is 12.8. The van der Waals surface area contributed by atoms with E-state index in [1.165, 1.54) is 0 Å². The van der Waals surface area contributed by atoms with E-state index >= 15 is 0 Å². The monoisotopic (exact) mass is 381 g/mol. The van der Waals surface area contributed by atoms with Crippen LogP contribution in [0.5, 0.6) is 0 Å². The normalized spacial score (nSPS) is 9.43. The van der Waals surface area contributed by atoms with Crippen molar-refractivity contribution in [2.75, 3.05) is 13.2 Å². The number of unbranched alkanes of at least 4 members (excludes halogenated alkanes) is 1. The first-order valence-electron chi connectivity index (χ1n) is 7.41. The number of rotatable bonds is 9. The lowest BCUT2D eigenvalue weighted by atomic mass is 10.2. The molecule has 1 N–H and O–H groups in total. The van der Waals surface area contributed by atoms with E-state index in [2.05, 4.69) is 32.0 Å². The summed E-state index contributed by atoms with van der Waals surface area (Å²) in [5.74, 6) is 2.57. The number of amides is 1. The number of hydrogen-bond donors (Lipinski definition) is 1. The molecule has 0 heterocycles. The van der Waals surface area contributed by atoms with E-state index < -0.39 is 6.09 Å². The number of alkyl carbamates (subject to hydrolysis) is 1. The van der Waals surface area contributed by atoms with Crippen LogP contribution in [0.2, 0.25) is 0 Å². The summed E-state index contributed by atoms with van der Waals surface area (Å²) in [7, 11) is 0. The lowest BCUT2D eigenvalue weighted by Crippen LogP contribution is -2.26. The van der Waals surface area contributed by atoms with Gasteiger partial charge in [0.1, 0.15) is 6.61 Å². The first kappa shape index (κ1) is 19.0. The van der Waals surface area contributed by atoms with Crippen molar-refractivity contribution >= 4 is 28.0 Å². The quantitative estimate of drug-likeness (QED) is 0.404. The summed E-state index contributed by atoms with van der Waals surface area (Å²) in [4.78, 5) is 25.4. The van der Waals surface area contributed by atoms with E-state index in [1.54, 1.807) is 0 Å². The van der Waals surface area contributed by atoms with Gasteiger partial charge in [-0.3, -0.25) is 4.79 Å². The van der Waals surface area contributed by atoms with Gasteiger partial charge in [-0.05, 0) is 23.2 Å². The van der Waals surface area contributed by atoms with Gasteiger partial charge in [-0.15, -0.1) is 0 Å². The van der Waals surface area contributed by atoms with Crippen LogP contribution in [0.1, 0.15) is 31.2 Å². The van der Waals surface area contributed by atoms with Crippen molar-refractivity contribution in [3.05, 3.63) is 35.9 Å². The van der Waals surface area contributed by atoms with Crippen molar-refractivity contribution in [3.63, 3.8) is 0 Å². The minimum Gasteiger partial charge on any atom is -0.466 e. The first-order chi connectivity index (χ1) is 11.2. The molecule has 0 saturated heterocycles. The van der Waals surface area contributed by atoms with Crippen LogP contribution >= 0.6 is 15.9 Å². The Kier molecular flexibility index (Phi) is 10.4. The summed E-state index contributed by atoms with van der Waals surface area (Å²) in [6, 6.07) is 9.45. The van der Waals surface area contributed by atoms with Crippen molar-refractivity contribution in [1.82, 2.24) is 5.32 Å². The van der Waals surface area contributed by atoms with Crippen molar-refractivity contribution in [2.24, 2.45) is 0 Å². The number of carbonyl (C=O) groups is 2. The minimum absolute atomic E-state index is 0.235. The Hall–Kier alpha value is -2.00. The average Bonchev–Trinajstić information content (AvgIpc) is 2.57. The molecule has 0 fully saturated rings. The molecule has 1 rings (SSSR count). The van der Waals surface area contributed by atoms with E-state index in [-0.39, 0.29) is 19.2 Å². The molecule has 1 amide bonds. The standard InChI is InChI=1S/C17H20BrNO4/c18-11-6-2-5-10-16(20)22-13-7-12-19-17(21)23-14-15-8-3-1-4-9-15/h1,3-4,8-9H,2,5,7,10,12-14H2,(H,19,21). The van der Waals surface area contributed by atoms with Gasteiger partial charge in [-0.2, -0.15) is 0 Å². The number of hydrogen-bond acceptors (Lipinski definition) is 4. The Balaban J connectivity index is 1.98. The molecule has 0 aromatic heterocycles. The summed E-state index contributed by atoms with van der Waals surface area (Å²) < 4.78 is 10.1. The van der Waals surface area contributed by atoms with Crippen molar-refractivity contribution < 1.29 is 19.1 Å². The second-order valence-corrected chi connectivity index (χ2v) is 5.08. The Morgan fingerprint density at radius 1 is 1.13 bits per heavy atom. The second kappa shape index (κ2) is 12.5. The molecular formula is C17H20BrNO4. The molecule has 0 atom stereocenters. The SMILES string of the molecule is O=C(CCCC#CBr)OCCCNC(=O)OCc1ccccc1. The van der Waals surface area contributed by atoms with E-state index in [9.17, 15) is 9.59 Å². The predicted octanol–water partition coefficient (Wildman–Crippen LogP) is 3.37. The van der Waals surface area contributed by atoms with Gasteiger partial charge >= 0.3 is 12.1 Å². The highest BCUT2D eigenvalue weighted by Gasteiger charge is 2.04. The Bertz CT molecular complexity index is 537. The largest absolute Gasteiger partial charge is 0.466 e. The van der Waals surface area contributed by atoms with E-state index in [4.69, 9.17) is 9.47 Å². The first-order valence-corrected chi connectivity index (χ1v) is 8.20. The van der Waals surface area contributed by atoms with Gasteiger partial charge < -0.3 is 14.8 Å². The van der Waals surface area contributed by atoms with Gasteiger partial charge in [0.2, 0.25) is 0 Å². The molecule has 0 saturated carbocycles. The highest BCUT2D eigenvalue weighted by Crippen LogP contribution is 2.00. The Labute approximate surface area is 144 Å². The van der Waals surface area contributed by atoms with Crippen LogP contribution in [0.15, 0.2) is 30.3 Å². The van der Waals surface area contributed by atoms with E-state index in [0.29, 0.717) is 32.2 Å². The number of nitrogens with one attached hydrogen (secondary N) is 1. The maximum Gasteiger partial charge on any atom is 0.407 e. The molecule has 0 spiro atoms. The average molecular weight is 382 g/mol. The molecule has 0 unspecified atom stereocenters. The zero-order chi connectivity index (χ0) is 16.8. The van der Waals surface area contributed by atoms with Gasteiger partial charge in [-0.1, -0.05) is 36.3 Å². The highest BCUT2D eigenvalue weighted by molar-refractivity contribution is 9.12. The molecule has 124 valence electrons. The number of ether oxygens (including phenoxy) is 2. The van der Waals surface area contributed by atoms with Gasteiger partial charge in [0.05, 0.1) is 6.61 Å². The fourth-order valence-electron chi connectivity index (χ4n) is 1.66. The molecule has 0 aliphatic carbocycles. The number of benzene rings is 1. The van der Waals surface area contributed by atoms with Gasteiger partial charge in [0, 0.05) is 35.3 Å². The maximum absolute atomic E-state index is 11.5. The summed E-state index contributed by atoms with van der Waals surface area (Å²) in [6.45, 7) is 0.914. The molecule has 0 aliphatic rings. The lowest BCUT2D eigenvalue weighted by molar-refractivity contribution is -0.143. The zero-order valence-corrected chi connectivity index (χ0v) is 14.4. The lowest BCUT2D eigenvalue weighted by Gasteiger charge is -2.07. The van der Waals surface area contributed by atoms with Crippen LogP contribution in [0.3, 0.4) is 0 Å². The third kappa shape index (κ3) is 10.4. The molecule has 0 bridgehead atoms. The molecule has 1 aromatic carbocycles. The molecule has 5 nitrogen and oxygen atoms in total. The fraction of sp³-hybridized carbons (Fsp3) is 0.412. The van der Waals surface area contributed by atoms with E-state index in [0.717, 1.165) is 5.56 Å². The van der Waals surface area contributed by atoms with Crippen LogP contribution in [-0.4, -0.2) is 25.2 Å². The summed E-state index contributed by atoms with van der Waals surface area (Å²) in [6.07, 6.45) is 1.77. The highest BCUT2D eigenvalue weighted by atomic mass is 79.9. The fourth-order valence-corrected chi connectivity index (χ4v) is 1.86. The number of halogens is 1. The number of esters is 1. The third-order valence-electron chi connectivity index (χ3n) is 2.82. The van der Waals surface area contributed by atoms with Crippen LogP contribution in [-0.2, 0) is 20.9 Å². The summed E-state index contributed by atoms with van der Waals surface area (Å²) in [5.41, 5.74) is 0.932. The minimum atomic E-state index is -0.478. The third-order valence-corrected chi connectivity index (χ3v) is 3.10. The van der Waals surface area contributed by atoms with Crippen LogP contribution < -0.4 is 5.32 Å². The van der Waals surface area contributed by atoms with Crippen LogP contribution in [0.25, 0.3) is 0 Å². The van der Waals surface area contributed by atoms with E-state index in [1.807, 2.05) is 30.3 Å². The Morgan fingerprint density at radius 3 is 2.65 bits per heavy atom. The predicted molar refractivity (Wildman–Crippen MR) is 90.8 cm³/mol. The molecular weight excluding hydrogens is 362 g/mol. The summed E-state index contributed by atoms with van der Waals surface area (Å²) >= 11 is 2.99. The van der Waals surface area contributed by atoms with Crippen molar-refractivity contribution in [2.45, 2.75) is 32.3 Å². The van der Waals surface area contributed by atoms with Gasteiger partial charge in [-0.25, -0.2) is 4.79 Å². The molecule has 23 heavy (non-hydrogen) atoms. The van der Waals surface area contributed by atoms with Crippen molar-refractivity contribution in [1.29, 1.82) is 0 Å². The van der Waals surface area contributed by atoms with Gasteiger partial charge in [0.25, 0.3) is 0 Å². The van der Waals surface area contributed by atoms with Gasteiger partial charge in [0.15, 0.2) is 0 Å². The summed E-state index contributed by atoms with van der Waals surface area (Å²) in [5, 5.41) is 2.61. The van der Waals surface area contributed by atoms with Crippen LogP contribution in [0.4, 0.5) is 4.79 Å². The smallest absolute Gasteiger partial charge is 0.407 e. The number of carbonyl (C=O) groups excluding carboxylic acids is 2. The maximum atomic E-state index is 11.5. The molecule has 1 aromatic rings. The molecule has 6 heteroatoms. The Morgan fingerprint density at radius 2 is 1.91 bits per heavy atom. The molecule has 0 radical (unpaired) electrons. The van der Waals surface area contributed by atoms with Crippen molar-refractivity contribution in [3.8, 4) is 10.8 Å². The topological polar surface area (TPSA) is 64.6 Å². The molecule has 0 aliphatic heterocycles. The van der Waals surface area contributed by atoms with Crippen LogP contribution in [0, 0.1) is 10.8 Å².